The fourth-order valence-corrected chi connectivity index (χ4v) is 5.60. The number of methoxy groups -OCH3 is 1. The number of nitrogens with zero attached hydrogens (tertiary/aromatic N) is 3. The summed E-state index contributed by atoms with van der Waals surface area (Å²) in [5.74, 6) is 0.526. The van der Waals surface area contributed by atoms with E-state index in [4.69, 9.17) is 4.74 Å². The Hall–Kier alpha value is -5.11. The van der Waals surface area contributed by atoms with Crippen molar-refractivity contribution >= 4 is 16.1 Å². The van der Waals surface area contributed by atoms with Gasteiger partial charge in [-0.2, -0.15) is 23.7 Å². The molecule has 228 valence electrons. The first-order valence-corrected chi connectivity index (χ1v) is 14.4. The van der Waals surface area contributed by atoms with Crippen molar-refractivity contribution < 1.29 is 31.1 Å². The van der Waals surface area contributed by atoms with Crippen LogP contribution < -0.4 is 14.8 Å². The van der Waals surface area contributed by atoms with Crippen molar-refractivity contribution in [2.24, 2.45) is 0 Å². The van der Waals surface area contributed by atoms with Gasteiger partial charge in [0.15, 0.2) is 0 Å². The van der Waals surface area contributed by atoms with E-state index in [0.29, 0.717) is 11.3 Å². The van der Waals surface area contributed by atoms with Gasteiger partial charge in [0.25, 0.3) is 0 Å². The molecule has 0 aliphatic carbocycles. The summed E-state index contributed by atoms with van der Waals surface area (Å²) in [7, 11) is -2.81. The van der Waals surface area contributed by atoms with Gasteiger partial charge in [-0.15, -0.1) is 0 Å². The lowest BCUT2D eigenvalue weighted by molar-refractivity contribution is -0.0878. The van der Waals surface area contributed by atoms with Crippen LogP contribution in [0.4, 0.5) is 18.0 Å². The molecule has 0 aromatic heterocycles. The van der Waals surface area contributed by atoms with E-state index in [-0.39, 0.29) is 46.0 Å². The van der Waals surface area contributed by atoms with Crippen LogP contribution in [0.1, 0.15) is 36.1 Å². The van der Waals surface area contributed by atoms with E-state index in [2.05, 4.69) is 23.2 Å². The zero-order valence-electron chi connectivity index (χ0n) is 23.8. The molecular formula is C31H28F3N5O4S. The molecule has 0 bridgehead atoms. The minimum atomic E-state index is -4.58. The van der Waals surface area contributed by atoms with E-state index < -0.39 is 33.8 Å². The Morgan fingerprint density at radius 3 is 2.55 bits per heavy atom. The van der Waals surface area contributed by atoms with Crippen molar-refractivity contribution in [2.75, 3.05) is 7.11 Å². The van der Waals surface area contributed by atoms with E-state index in [1.165, 1.54) is 44.4 Å². The number of halogens is 3. The number of nitriles is 2. The summed E-state index contributed by atoms with van der Waals surface area (Å²) in [6, 6.07) is 12.6. The van der Waals surface area contributed by atoms with Gasteiger partial charge >= 0.3 is 12.2 Å². The van der Waals surface area contributed by atoms with Gasteiger partial charge in [0, 0.05) is 23.5 Å². The van der Waals surface area contributed by atoms with E-state index in [0.717, 1.165) is 17.0 Å². The van der Waals surface area contributed by atoms with E-state index in [9.17, 15) is 36.9 Å². The normalized spacial score (nSPS) is 15.9. The summed E-state index contributed by atoms with van der Waals surface area (Å²) in [5, 5.41) is 22.2. The van der Waals surface area contributed by atoms with E-state index in [1.54, 1.807) is 24.3 Å². The second kappa shape index (κ2) is 13.9. The molecule has 2 aromatic carbocycles. The highest BCUT2D eigenvalue weighted by molar-refractivity contribution is 7.89. The van der Waals surface area contributed by atoms with E-state index in [1.807, 2.05) is 12.1 Å². The molecule has 1 atom stereocenters. The lowest BCUT2D eigenvalue weighted by Gasteiger charge is -2.35. The Bertz CT molecular complexity index is 1760. The van der Waals surface area contributed by atoms with Gasteiger partial charge in [0.05, 0.1) is 41.3 Å². The number of rotatable bonds is 11. The van der Waals surface area contributed by atoms with Crippen LogP contribution in [-0.4, -0.2) is 32.6 Å². The van der Waals surface area contributed by atoms with Crippen molar-refractivity contribution in [1.82, 2.24) is 14.9 Å². The maximum atomic E-state index is 13.5. The zero-order valence-corrected chi connectivity index (χ0v) is 24.6. The molecule has 13 heteroatoms. The third kappa shape index (κ3) is 7.64. The molecule has 0 saturated heterocycles. The summed E-state index contributed by atoms with van der Waals surface area (Å²) >= 11 is 0. The summed E-state index contributed by atoms with van der Waals surface area (Å²) in [5.41, 5.74) is -0.0391. The number of hydrogen-bond acceptors (Lipinski definition) is 6. The largest absolute Gasteiger partial charge is 0.497 e. The number of sulfonamides is 1. The average Bonchev–Trinajstić information content (AvgIpc) is 3.00. The van der Waals surface area contributed by atoms with Gasteiger partial charge in [-0.25, -0.2) is 17.9 Å². The topological polar surface area (TPSA) is 135 Å². The second-order valence-corrected chi connectivity index (χ2v) is 11.1. The minimum Gasteiger partial charge on any atom is -0.497 e. The zero-order chi connectivity index (χ0) is 32.7. The highest BCUT2D eigenvalue weighted by Crippen LogP contribution is 2.35. The molecule has 2 aromatic rings. The molecule has 1 heterocycles. The number of carbonyl (C=O) groups is 1. The first kappa shape index (κ1) is 33.4. The standard InChI is InChI=1S/C31H28F3N5O4S/c1-5-24(11-7-6-9-20(2)31(32,33)34)39-21(3)27(18-36)29(38-30(39)40)26-14-13-22(17-35)16-28(26)44(41,42)37-19-23-10-8-12-25(15-23)43-4/h5-6,8-16,29,37H,1-2,7,19H2,3-4H3,(H,38,40)/b9-6-,24-11+/t29-/m1/s1. The summed E-state index contributed by atoms with van der Waals surface area (Å²) in [4.78, 5) is 14.2. The Kier molecular flexibility index (Phi) is 10.6. The highest BCUT2D eigenvalue weighted by Gasteiger charge is 2.36. The lowest BCUT2D eigenvalue weighted by atomic mass is 9.94. The van der Waals surface area contributed by atoms with Gasteiger partial charge in [0.1, 0.15) is 5.75 Å². The Labute approximate surface area is 253 Å². The molecule has 2 N–H and O–H groups in total. The second-order valence-electron chi connectivity index (χ2n) is 9.36. The molecule has 0 radical (unpaired) electrons. The number of nitrogens with one attached hydrogen (secondary N) is 2. The fourth-order valence-electron chi connectivity index (χ4n) is 4.30. The summed E-state index contributed by atoms with van der Waals surface area (Å²) < 4.78 is 72.9. The number of allylic oxidation sites excluding steroid dienone is 6. The summed E-state index contributed by atoms with van der Waals surface area (Å²) in [6.07, 6.45) is 0.155. The number of ether oxygens (including phenoxy) is 1. The van der Waals surface area contributed by atoms with Crippen LogP contribution in [0, 0.1) is 22.7 Å². The Morgan fingerprint density at radius 2 is 1.93 bits per heavy atom. The molecule has 2 amide bonds. The van der Waals surface area contributed by atoms with Crippen molar-refractivity contribution in [2.45, 2.75) is 37.0 Å². The number of hydrogen-bond donors (Lipinski definition) is 2. The molecule has 9 nitrogen and oxygen atoms in total. The lowest BCUT2D eigenvalue weighted by Crippen LogP contribution is -2.46. The maximum absolute atomic E-state index is 13.5. The van der Waals surface area contributed by atoms with Crippen LogP contribution >= 0.6 is 0 Å². The van der Waals surface area contributed by atoms with Crippen LogP contribution in [0.3, 0.4) is 0 Å². The minimum absolute atomic E-state index is 0.00713. The molecule has 0 unspecified atom stereocenters. The van der Waals surface area contributed by atoms with Crippen LogP contribution in [0.25, 0.3) is 0 Å². The quantitative estimate of drug-likeness (QED) is 0.293. The smallest absolute Gasteiger partial charge is 0.415 e. The molecule has 44 heavy (non-hydrogen) atoms. The number of alkyl halides is 3. The average molecular weight is 624 g/mol. The van der Waals surface area contributed by atoms with Crippen molar-refractivity contribution in [3.05, 3.63) is 119 Å². The van der Waals surface area contributed by atoms with Crippen LogP contribution in [0.15, 0.2) is 107 Å². The molecule has 1 aliphatic heterocycles. The highest BCUT2D eigenvalue weighted by atomic mass is 32.2. The maximum Gasteiger partial charge on any atom is 0.415 e. The molecule has 0 fully saturated rings. The SMILES string of the molecule is C=C/C(=C\C/C=C\C(=C)C(F)(F)F)N1C(=O)N[C@H](c2ccc(C#N)cc2S(=O)(=O)NCc2cccc(OC)c2)C(C#N)=C1C. The number of amides is 2. The number of benzene rings is 2. The monoisotopic (exact) mass is 623 g/mol. The summed E-state index contributed by atoms with van der Waals surface area (Å²) in [6.45, 7) is 7.99. The van der Waals surface area contributed by atoms with Crippen molar-refractivity contribution in [3.8, 4) is 17.9 Å². The first-order valence-electron chi connectivity index (χ1n) is 12.9. The first-order chi connectivity index (χ1) is 20.8. The predicted octanol–water partition coefficient (Wildman–Crippen LogP) is 6.04. The number of urea groups is 1. The molecule has 1 aliphatic rings. The molecule has 0 spiro atoms. The molecule has 3 rings (SSSR count). The van der Waals surface area contributed by atoms with Gasteiger partial charge in [-0.3, -0.25) is 4.90 Å². The number of carbonyl (C=O) groups excluding carboxylic acids is 1. The molecule has 0 saturated carbocycles. The van der Waals surface area contributed by atoms with Crippen LogP contribution in [-0.2, 0) is 16.6 Å². The Balaban J connectivity index is 2.00. The van der Waals surface area contributed by atoms with Crippen molar-refractivity contribution in [1.29, 1.82) is 10.5 Å². The Morgan fingerprint density at radius 1 is 1.20 bits per heavy atom. The predicted molar refractivity (Wildman–Crippen MR) is 157 cm³/mol. The third-order valence-corrected chi connectivity index (χ3v) is 8.02. The van der Waals surface area contributed by atoms with Crippen LogP contribution in [0.2, 0.25) is 0 Å². The van der Waals surface area contributed by atoms with Gasteiger partial charge in [-0.1, -0.05) is 49.6 Å². The van der Waals surface area contributed by atoms with Crippen molar-refractivity contribution in [3.63, 3.8) is 0 Å². The molecular weight excluding hydrogens is 595 g/mol. The van der Waals surface area contributed by atoms with Gasteiger partial charge in [-0.05, 0) is 54.8 Å². The van der Waals surface area contributed by atoms with Gasteiger partial charge < -0.3 is 10.1 Å². The van der Waals surface area contributed by atoms with E-state index >= 15 is 0 Å². The fraction of sp³-hybridized carbons (Fsp3) is 0.194. The van der Waals surface area contributed by atoms with Crippen LogP contribution in [0.5, 0.6) is 5.75 Å². The van der Waals surface area contributed by atoms with Gasteiger partial charge in [0.2, 0.25) is 10.0 Å². The third-order valence-electron chi connectivity index (χ3n) is 6.56.